The monoisotopic (exact) mass is 374 g/mol. The minimum Gasteiger partial charge on any atom is -0.481 e. The summed E-state index contributed by atoms with van der Waals surface area (Å²) in [5.74, 6) is -0.829. The highest BCUT2D eigenvalue weighted by Gasteiger charge is 2.39. The molecule has 2 amide bonds. The number of likely N-dealkylation sites (tertiary alicyclic amines) is 1. The Balaban J connectivity index is 2.00. The van der Waals surface area contributed by atoms with Crippen LogP contribution in [0.15, 0.2) is 15.9 Å². The number of carbonyl (C=O) groups excluding carboxylic acids is 1. The highest BCUT2D eigenvalue weighted by atomic mass is 79.9. The molecule has 7 heteroatoms. The van der Waals surface area contributed by atoms with Crippen molar-refractivity contribution in [1.82, 2.24) is 9.80 Å². The Kier molecular flexibility index (Phi) is 4.93. The fraction of sp³-hybridized carbons (Fsp3) is 0.571. The lowest BCUT2D eigenvalue weighted by molar-refractivity contribution is -0.150. The van der Waals surface area contributed by atoms with Gasteiger partial charge >= 0.3 is 12.0 Å². The molecule has 1 aliphatic heterocycles. The number of rotatable bonds is 3. The molecule has 0 radical (unpaired) electrons. The van der Waals surface area contributed by atoms with Crippen LogP contribution in [0.1, 0.15) is 24.6 Å². The normalized spacial score (nSPS) is 22.1. The van der Waals surface area contributed by atoms with Crippen molar-refractivity contribution in [1.29, 1.82) is 0 Å². The topological polar surface area (TPSA) is 60.9 Å². The molecule has 1 N–H and O–H groups in total. The molecule has 0 aromatic carbocycles. The van der Waals surface area contributed by atoms with Crippen molar-refractivity contribution in [2.75, 3.05) is 20.1 Å². The molecular weight excluding hydrogens is 356 g/mol. The highest BCUT2D eigenvalue weighted by Crippen LogP contribution is 2.30. The summed E-state index contributed by atoms with van der Waals surface area (Å²) in [6.07, 6.45) is 1.35. The van der Waals surface area contributed by atoms with E-state index in [1.807, 2.05) is 11.4 Å². The first-order chi connectivity index (χ1) is 9.82. The van der Waals surface area contributed by atoms with Gasteiger partial charge in [0.05, 0.1) is 12.0 Å². The van der Waals surface area contributed by atoms with Gasteiger partial charge in [0, 0.05) is 34.9 Å². The summed E-state index contributed by atoms with van der Waals surface area (Å²) >= 11 is 4.99. The van der Waals surface area contributed by atoms with E-state index in [9.17, 15) is 14.7 Å². The number of urea groups is 1. The molecule has 0 spiro atoms. The third-order valence-electron chi connectivity index (χ3n) is 3.82. The van der Waals surface area contributed by atoms with Crippen molar-refractivity contribution >= 4 is 39.3 Å². The zero-order valence-electron chi connectivity index (χ0n) is 12.1. The first kappa shape index (κ1) is 16.3. The molecule has 1 saturated heterocycles. The van der Waals surface area contributed by atoms with Gasteiger partial charge in [-0.3, -0.25) is 4.79 Å². The third-order valence-corrected chi connectivity index (χ3v) is 5.51. The SMILES string of the molecule is CN(Cc1cc(Br)cs1)C(=O)N1CCCC(C)(C(=O)O)C1. The first-order valence-electron chi connectivity index (χ1n) is 6.78. The maximum Gasteiger partial charge on any atom is 0.320 e. The van der Waals surface area contributed by atoms with Crippen LogP contribution in [-0.4, -0.2) is 47.0 Å². The number of piperidine rings is 1. The van der Waals surface area contributed by atoms with Crippen LogP contribution < -0.4 is 0 Å². The van der Waals surface area contributed by atoms with E-state index in [0.717, 1.165) is 15.8 Å². The highest BCUT2D eigenvalue weighted by molar-refractivity contribution is 9.10. The van der Waals surface area contributed by atoms with Crippen LogP contribution >= 0.6 is 27.3 Å². The molecule has 116 valence electrons. The van der Waals surface area contributed by atoms with Crippen molar-refractivity contribution in [3.63, 3.8) is 0 Å². The van der Waals surface area contributed by atoms with E-state index in [0.29, 0.717) is 19.5 Å². The summed E-state index contributed by atoms with van der Waals surface area (Å²) in [5, 5.41) is 11.3. The van der Waals surface area contributed by atoms with Gasteiger partial charge in [0.25, 0.3) is 0 Å². The molecule has 1 aromatic rings. The molecule has 0 aliphatic carbocycles. The van der Waals surface area contributed by atoms with E-state index >= 15 is 0 Å². The molecule has 0 saturated carbocycles. The van der Waals surface area contributed by atoms with Crippen LogP contribution in [0.3, 0.4) is 0 Å². The number of carboxylic acids is 1. The van der Waals surface area contributed by atoms with Crippen LogP contribution in [0.2, 0.25) is 0 Å². The van der Waals surface area contributed by atoms with Crippen LogP contribution in [0.5, 0.6) is 0 Å². The van der Waals surface area contributed by atoms with Gasteiger partial charge in [-0.15, -0.1) is 11.3 Å². The quantitative estimate of drug-likeness (QED) is 0.882. The average molecular weight is 375 g/mol. The molecule has 1 aliphatic rings. The van der Waals surface area contributed by atoms with E-state index in [4.69, 9.17) is 0 Å². The summed E-state index contributed by atoms with van der Waals surface area (Å²) in [7, 11) is 1.75. The van der Waals surface area contributed by atoms with Gasteiger partial charge in [-0.2, -0.15) is 0 Å². The lowest BCUT2D eigenvalue weighted by Gasteiger charge is -2.39. The number of nitrogens with zero attached hydrogens (tertiary/aromatic N) is 2. The smallest absolute Gasteiger partial charge is 0.320 e. The predicted molar refractivity (Wildman–Crippen MR) is 85.4 cm³/mol. The number of thiophene rings is 1. The van der Waals surface area contributed by atoms with E-state index in [-0.39, 0.29) is 12.6 Å². The van der Waals surface area contributed by atoms with Gasteiger partial charge in [-0.1, -0.05) is 0 Å². The molecule has 1 fully saturated rings. The van der Waals surface area contributed by atoms with Crippen molar-refractivity contribution in [2.45, 2.75) is 26.3 Å². The van der Waals surface area contributed by atoms with Gasteiger partial charge < -0.3 is 14.9 Å². The third kappa shape index (κ3) is 3.77. The largest absolute Gasteiger partial charge is 0.481 e. The second-order valence-corrected chi connectivity index (χ2v) is 7.67. The van der Waals surface area contributed by atoms with Gasteiger partial charge in [-0.05, 0) is 41.8 Å². The summed E-state index contributed by atoms with van der Waals surface area (Å²) in [6, 6.07) is 1.89. The molecule has 5 nitrogen and oxygen atoms in total. The Morgan fingerprint density at radius 3 is 2.86 bits per heavy atom. The first-order valence-corrected chi connectivity index (χ1v) is 8.45. The molecular formula is C14H19BrN2O3S. The van der Waals surface area contributed by atoms with Crippen molar-refractivity contribution in [2.24, 2.45) is 5.41 Å². The lowest BCUT2D eigenvalue weighted by atomic mass is 9.82. The maximum atomic E-state index is 12.5. The second kappa shape index (κ2) is 6.36. The number of halogens is 1. The van der Waals surface area contributed by atoms with Crippen LogP contribution in [0, 0.1) is 5.41 Å². The summed E-state index contributed by atoms with van der Waals surface area (Å²) in [5.41, 5.74) is -0.833. The second-order valence-electron chi connectivity index (χ2n) is 5.76. The summed E-state index contributed by atoms with van der Waals surface area (Å²) in [6.45, 7) is 3.15. The van der Waals surface area contributed by atoms with Gasteiger partial charge in [0.15, 0.2) is 0 Å². The zero-order valence-corrected chi connectivity index (χ0v) is 14.5. The number of amides is 2. The van der Waals surface area contributed by atoms with E-state index in [1.165, 1.54) is 0 Å². The Bertz CT molecular complexity index is 548. The molecule has 0 bridgehead atoms. The van der Waals surface area contributed by atoms with Crippen LogP contribution in [0.4, 0.5) is 4.79 Å². The maximum absolute atomic E-state index is 12.5. The molecule has 1 atom stereocenters. The fourth-order valence-corrected chi connectivity index (χ4v) is 4.06. The Hall–Kier alpha value is -1.08. The van der Waals surface area contributed by atoms with Crippen LogP contribution in [0.25, 0.3) is 0 Å². The summed E-state index contributed by atoms with van der Waals surface area (Å²) < 4.78 is 1.01. The van der Waals surface area contributed by atoms with E-state index in [1.54, 1.807) is 35.1 Å². The molecule has 2 heterocycles. The van der Waals surface area contributed by atoms with E-state index < -0.39 is 11.4 Å². The fourth-order valence-electron chi connectivity index (χ4n) is 2.56. The van der Waals surface area contributed by atoms with Crippen LogP contribution in [-0.2, 0) is 11.3 Å². The number of carbonyl (C=O) groups is 2. The Morgan fingerprint density at radius 1 is 1.57 bits per heavy atom. The van der Waals surface area contributed by atoms with Gasteiger partial charge in [0.2, 0.25) is 0 Å². The van der Waals surface area contributed by atoms with Crippen molar-refractivity contribution < 1.29 is 14.7 Å². The Morgan fingerprint density at radius 2 is 2.29 bits per heavy atom. The number of carboxylic acid groups (broad SMARTS) is 1. The molecule has 1 unspecified atom stereocenters. The number of hydrogen-bond acceptors (Lipinski definition) is 3. The predicted octanol–water partition coefficient (Wildman–Crippen LogP) is 3.25. The molecule has 1 aromatic heterocycles. The minimum atomic E-state index is -0.833. The average Bonchev–Trinajstić information content (AvgIpc) is 2.83. The number of hydrogen-bond donors (Lipinski definition) is 1. The minimum absolute atomic E-state index is 0.105. The van der Waals surface area contributed by atoms with Gasteiger partial charge in [0.1, 0.15) is 0 Å². The summed E-state index contributed by atoms with van der Waals surface area (Å²) in [4.78, 5) is 28.2. The number of aliphatic carboxylic acids is 1. The molecule has 21 heavy (non-hydrogen) atoms. The zero-order chi connectivity index (χ0) is 15.6. The van der Waals surface area contributed by atoms with Crippen molar-refractivity contribution in [3.05, 3.63) is 20.8 Å². The Labute approximate surface area is 136 Å². The van der Waals surface area contributed by atoms with Crippen molar-refractivity contribution in [3.8, 4) is 0 Å². The van der Waals surface area contributed by atoms with E-state index in [2.05, 4.69) is 15.9 Å². The van der Waals surface area contributed by atoms with Gasteiger partial charge in [-0.25, -0.2) is 4.79 Å². The standard InChI is InChI=1S/C14H19BrN2O3S/c1-14(12(18)19)4-3-5-17(9-14)13(20)16(2)7-11-6-10(15)8-21-11/h6,8H,3-5,7,9H2,1-2H3,(H,18,19). The molecule has 2 rings (SSSR count). The lowest BCUT2D eigenvalue weighted by Crippen LogP contribution is -2.51.